The second-order valence-corrected chi connectivity index (χ2v) is 5.87. The molecule has 0 spiro atoms. The predicted octanol–water partition coefficient (Wildman–Crippen LogP) is 4.07. The van der Waals surface area contributed by atoms with Crippen molar-refractivity contribution in [1.29, 1.82) is 0 Å². The van der Waals surface area contributed by atoms with E-state index in [0.29, 0.717) is 12.0 Å². The first-order valence-electron chi connectivity index (χ1n) is 7.12. The molecule has 0 radical (unpaired) electrons. The van der Waals surface area contributed by atoms with Gasteiger partial charge in [-0.15, -0.1) is 0 Å². The SMILES string of the molecule is CNC(Cc1ccccc1F)C(C)(C)c1ccc(F)cc1. The molecule has 1 unspecified atom stereocenters. The van der Waals surface area contributed by atoms with Crippen molar-refractivity contribution in [1.82, 2.24) is 5.32 Å². The van der Waals surface area contributed by atoms with Gasteiger partial charge < -0.3 is 5.32 Å². The number of rotatable bonds is 5. The topological polar surface area (TPSA) is 12.0 Å². The minimum atomic E-state index is -0.246. The molecule has 2 aromatic rings. The highest BCUT2D eigenvalue weighted by atomic mass is 19.1. The molecule has 0 aliphatic carbocycles. The van der Waals surface area contributed by atoms with Crippen LogP contribution in [0, 0.1) is 11.6 Å². The molecule has 21 heavy (non-hydrogen) atoms. The zero-order valence-corrected chi connectivity index (χ0v) is 12.7. The van der Waals surface area contributed by atoms with Crippen LogP contribution in [0.25, 0.3) is 0 Å². The van der Waals surface area contributed by atoms with Gasteiger partial charge in [-0.3, -0.25) is 0 Å². The van der Waals surface area contributed by atoms with E-state index in [1.54, 1.807) is 24.3 Å². The molecule has 0 aliphatic rings. The zero-order valence-electron chi connectivity index (χ0n) is 12.7. The average Bonchev–Trinajstić information content (AvgIpc) is 2.46. The Labute approximate surface area is 125 Å². The summed E-state index contributed by atoms with van der Waals surface area (Å²) in [5.41, 5.74) is 1.47. The van der Waals surface area contributed by atoms with Crippen LogP contribution in [-0.2, 0) is 11.8 Å². The maximum absolute atomic E-state index is 13.9. The average molecular weight is 289 g/mol. The van der Waals surface area contributed by atoms with Crippen LogP contribution in [0.3, 0.4) is 0 Å². The molecular weight excluding hydrogens is 268 g/mol. The number of hydrogen-bond acceptors (Lipinski definition) is 1. The molecule has 0 saturated carbocycles. The standard InChI is InChI=1S/C18H21F2N/c1-18(2,14-8-10-15(19)11-9-14)17(21-3)12-13-6-4-5-7-16(13)20/h4-11,17,21H,12H2,1-3H3. The van der Waals surface area contributed by atoms with Crippen molar-refractivity contribution in [2.24, 2.45) is 0 Å². The van der Waals surface area contributed by atoms with Gasteiger partial charge in [-0.25, -0.2) is 8.78 Å². The molecule has 0 amide bonds. The lowest BCUT2D eigenvalue weighted by Gasteiger charge is -2.35. The largest absolute Gasteiger partial charge is 0.316 e. The summed E-state index contributed by atoms with van der Waals surface area (Å²) in [6.07, 6.45) is 0.577. The van der Waals surface area contributed by atoms with Crippen LogP contribution in [0.5, 0.6) is 0 Å². The third kappa shape index (κ3) is 3.48. The molecule has 2 aromatic carbocycles. The van der Waals surface area contributed by atoms with Gasteiger partial charge in [-0.1, -0.05) is 44.2 Å². The van der Waals surface area contributed by atoms with E-state index in [9.17, 15) is 8.78 Å². The van der Waals surface area contributed by atoms with Crippen molar-refractivity contribution in [3.8, 4) is 0 Å². The lowest BCUT2D eigenvalue weighted by Crippen LogP contribution is -2.44. The van der Waals surface area contributed by atoms with Gasteiger partial charge in [-0.05, 0) is 42.8 Å². The molecule has 0 bridgehead atoms. The molecule has 0 heterocycles. The third-order valence-electron chi connectivity index (χ3n) is 4.19. The summed E-state index contributed by atoms with van der Waals surface area (Å²) in [5.74, 6) is -0.433. The number of benzene rings is 2. The van der Waals surface area contributed by atoms with Crippen molar-refractivity contribution in [3.05, 3.63) is 71.3 Å². The monoisotopic (exact) mass is 289 g/mol. The van der Waals surface area contributed by atoms with Gasteiger partial charge in [0.05, 0.1) is 0 Å². The van der Waals surface area contributed by atoms with E-state index >= 15 is 0 Å². The van der Waals surface area contributed by atoms with E-state index in [2.05, 4.69) is 19.2 Å². The Kier molecular flexibility index (Phi) is 4.73. The van der Waals surface area contributed by atoms with Gasteiger partial charge in [0.25, 0.3) is 0 Å². The lowest BCUT2D eigenvalue weighted by molar-refractivity contribution is 0.353. The fraction of sp³-hybridized carbons (Fsp3) is 0.333. The maximum Gasteiger partial charge on any atom is 0.126 e. The van der Waals surface area contributed by atoms with Gasteiger partial charge in [0, 0.05) is 11.5 Å². The van der Waals surface area contributed by atoms with Crippen LogP contribution in [0.4, 0.5) is 8.78 Å². The van der Waals surface area contributed by atoms with Crippen molar-refractivity contribution in [2.45, 2.75) is 31.7 Å². The lowest BCUT2D eigenvalue weighted by atomic mass is 9.75. The smallest absolute Gasteiger partial charge is 0.126 e. The van der Waals surface area contributed by atoms with Crippen molar-refractivity contribution in [3.63, 3.8) is 0 Å². The molecule has 1 atom stereocenters. The first-order valence-corrected chi connectivity index (χ1v) is 7.12. The second-order valence-electron chi connectivity index (χ2n) is 5.87. The molecule has 0 fully saturated rings. The molecule has 0 aliphatic heterocycles. The van der Waals surface area contributed by atoms with E-state index in [4.69, 9.17) is 0 Å². The summed E-state index contributed by atoms with van der Waals surface area (Å²) >= 11 is 0. The van der Waals surface area contributed by atoms with E-state index in [1.165, 1.54) is 18.2 Å². The fourth-order valence-electron chi connectivity index (χ4n) is 2.68. The Hall–Kier alpha value is -1.74. The quantitative estimate of drug-likeness (QED) is 0.875. The van der Waals surface area contributed by atoms with Gasteiger partial charge >= 0.3 is 0 Å². The van der Waals surface area contributed by atoms with E-state index in [0.717, 1.165) is 5.56 Å². The van der Waals surface area contributed by atoms with Gasteiger partial charge in [0.2, 0.25) is 0 Å². The second kappa shape index (κ2) is 6.35. The summed E-state index contributed by atoms with van der Waals surface area (Å²) in [4.78, 5) is 0. The minimum Gasteiger partial charge on any atom is -0.316 e. The maximum atomic E-state index is 13.9. The highest BCUT2D eigenvalue weighted by Crippen LogP contribution is 2.29. The Morgan fingerprint density at radius 3 is 2.19 bits per heavy atom. The third-order valence-corrected chi connectivity index (χ3v) is 4.19. The summed E-state index contributed by atoms with van der Waals surface area (Å²) in [6, 6.07) is 13.4. The molecule has 2 rings (SSSR count). The Bertz CT molecular complexity index is 590. The molecule has 112 valence electrons. The fourth-order valence-corrected chi connectivity index (χ4v) is 2.68. The molecule has 1 N–H and O–H groups in total. The number of hydrogen-bond donors (Lipinski definition) is 1. The minimum absolute atomic E-state index is 0.0415. The van der Waals surface area contributed by atoms with Crippen LogP contribution in [0.2, 0.25) is 0 Å². The first-order chi connectivity index (χ1) is 9.95. The summed E-state index contributed by atoms with van der Waals surface area (Å²) in [7, 11) is 1.87. The number of likely N-dealkylation sites (N-methyl/N-ethyl adjacent to an activating group) is 1. The highest BCUT2D eigenvalue weighted by molar-refractivity contribution is 5.28. The Morgan fingerprint density at radius 1 is 1.00 bits per heavy atom. The van der Waals surface area contributed by atoms with Gasteiger partial charge in [-0.2, -0.15) is 0 Å². The molecule has 1 nitrogen and oxygen atoms in total. The summed E-state index contributed by atoms with van der Waals surface area (Å²) in [6.45, 7) is 4.17. The van der Waals surface area contributed by atoms with Gasteiger partial charge in [0.1, 0.15) is 11.6 Å². The van der Waals surface area contributed by atoms with E-state index < -0.39 is 0 Å². The molecule has 3 heteroatoms. The number of nitrogens with one attached hydrogen (secondary N) is 1. The normalized spacial score (nSPS) is 13.2. The number of halogens is 2. The van der Waals surface area contributed by atoms with E-state index in [1.807, 2.05) is 13.1 Å². The molecule has 0 aromatic heterocycles. The van der Waals surface area contributed by atoms with Crippen LogP contribution >= 0.6 is 0 Å². The van der Waals surface area contributed by atoms with Crippen LogP contribution in [-0.4, -0.2) is 13.1 Å². The van der Waals surface area contributed by atoms with Crippen molar-refractivity contribution >= 4 is 0 Å². The zero-order chi connectivity index (χ0) is 15.5. The first kappa shape index (κ1) is 15.6. The molecule has 0 saturated heterocycles. The predicted molar refractivity (Wildman–Crippen MR) is 82.4 cm³/mol. The van der Waals surface area contributed by atoms with Crippen molar-refractivity contribution in [2.75, 3.05) is 7.05 Å². The summed E-state index contributed by atoms with van der Waals surface area (Å²) in [5, 5.41) is 3.27. The van der Waals surface area contributed by atoms with Crippen LogP contribution in [0.1, 0.15) is 25.0 Å². The van der Waals surface area contributed by atoms with Crippen molar-refractivity contribution < 1.29 is 8.78 Å². The Morgan fingerprint density at radius 2 is 1.62 bits per heavy atom. The van der Waals surface area contributed by atoms with Crippen LogP contribution in [0.15, 0.2) is 48.5 Å². The van der Waals surface area contributed by atoms with Gasteiger partial charge in [0.15, 0.2) is 0 Å². The summed E-state index contributed by atoms with van der Waals surface area (Å²) < 4.78 is 26.9. The van der Waals surface area contributed by atoms with E-state index in [-0.39, 0.29) is 23.1 Å². The highest BCUT2D eigenvalue weighted by Gasteiger charge is 2.30. The Balaban J connectivity index is 2.27. The molecular formula is C18H21F2N. The van der Waals surface area contributed by atoms with Crippen LogP contribution < -0.4 is 5.32 Å².